The number of benzene rings is 2. The van der Waals surface area contributed by atoms with Crippen molar-refractivity contribution in [1.82, 2.24) is 15.0 Å². The van der Waals surface area contributed by atoms with Crippen molar-refractivity contribution in [2.45, 2.75) is 20.0 Å². The van der Waals surface area contributed by atoms with Gasteiger partial charge >= 0.3 is 12.2 Å². The van der Waals surface area contributed by atoms with Crippen LogP contribution in [0.1, 0.15) is 16.7 Å². The number of anilines is 3. The number of nitrogens with one attached hydrogen (secondary N) is 3. The first-order valence-corrected chi connectivity index (χ1v) is 11.7. The minimum absolute atomic E-state index is 0.0893. The summed E-state index contributed by atoms with van der Waals surface area (Å²) in [5.74, 6) is 1.37. The van der Waals surface area contributed by atoms with Gasteiger partial charge < -0.3 is 25.4 Å². The zero-order valence-electron chi connectivity index (χ0n) is 21.5. The van der Waals surface area contributed by atoms with Gasteiger partial charge in [0.05, 0.1) is 29.6 Å². The second-order valence-corrected chi connectivity index (χ2v) is 8.33. The Bertz CT molecular complexity index is 1510. The third kappa shape index (κ3) is 6.17. The van der Waals surface area contributed by atoms with E-state index in [1.54, 1.807) is 50.6 Å². The fraction of sp³-hybridized carbons (Fsp3) is 0.185. The van der Waals surface area contributed by atoms with Crippen LogP contribution >= 0.6 is 0 Å². The second kappa shape index (κ2) is 11.3. The van der Waals surface area contributed by atoms with E-state index in [-0.39, 0.29) is 11.4 Å². The summed E-state index contributed by atoms with van der Waals surface area (Å²) >= 11 is 0. The van der Waals surface area contributed by atoms with Crippen LogP contribution < -0.4 is 25.4 Å². The van der Waals surface area contributed by atoms with Crippen molar-refractivity contribution in [3.63, 3.8) is 0 Å². The van der Waals surface area contributed by atoms with Gasteiger partial charge in [0.15, 0.2) is 0 Å². The number of ether oxygens (including phenoxy) is 2. The number of nitrogens with zero attached hydrogens (tertiary/aromatic N) is 3. The predicted molar refractivity (Wildman–Crippen MR) is 141 cm³/mol. The first kappa shape index (κ1) is 27.2. The van der Waals surface area contributed by atoms with Gasteiger partial charge in [0.1, 0.15) is 11.5 Å². The van der Waals surface area contributed by atoms with Gasteiger partial charge in [0.25, 0.3) is 0 Å². The quantitative estimate of drug-likeness (QED) is 0.241. The van der Waals surface area contributed by atoms with Crippen LogP contribution in [0.5, 0.6) is 17.4 Å². The zero-order chi connectivity index (χ0) is 28.2. The lowest BCUT2D eigenvalue weighted by molar-refractivity contribution is -0.137. The van der Waals surface area contributed by atoms with Gasteiger partial charge in [-0.15, -0.1) is 0 Å². The fourth-order valence-electron chi connectivity index (χ4n) is 3.70. The normalized spacial score (nSPS) is 11.1. The van der Waals surface area contributed by atoms with Crippen LogP contribution in [-0.4, -0.2) is 35.1 Å². The highest BCUT2D eigenvalue weighted by Crippen LogP contribution is 2.36. The number of rotatable bonds is 7. The van der Waals surface area contributed by atoms with E-state index in [1.165, 1.54) is 7.11 Å². The lowest BCUT2D eigenvalue weighted by atomic mass is 10.1. The number of halogens is 3. The maximum Gasteiger partial charge on any atom is 0.416 e. The van der Waals surface area contributed by atoms with Crippen molar-refractivity contribution in [1.29, 1.82) is 0 Å². The summed E-state index contributed by atoms with van der Waals surface area (Å²) in [5.41, 5.74) is 2.10. The third-order valence-electron chi connectivity index (χ3n) is 5.89. The molecule has 0 fully saturated rings. The van der Waals surface area contributed by atoms with E-state index < -0.39 is 17.8 Å². The van der Waals surface area contributed by atoms with Crippen molar-refractivity contribution in [2.24, 2.45) is 0 Å². The molecule has 0 aliphatic heterocycles. The molecular weight excluding hydrogens is 513 g/mol. The molecule has 2 aromatic carbocycles. The van der Waals surface area contributed by atoms with E-state index in [4.69, 9.17) is 9.47 Å². The topological polar surface area (TPSA) is 110 Å². The molecule has 0 spiro atoms. The fourth-order valence-corrected chi connectivity index (χ4v) is 3.70. The highest BCUT2D eigenvalue weighted by molar-refractivity contribution is 6.01. The monoisotopic (exact) mass is 538 g/mol. The van der Waals surface area contributed by atoms with Gasteiger partial charge in [-0.1, -0.05) is 0 Å². The van der Waals surface area contributed by atoms with Gasteiger partial charge in [0, 0.05) is 25.1 Å². The number of alkyl halides is 3. The summed E-state index contributed by atoms with van der Waals surface area (Å²) in [7, 11) is 3.02. The number of aromatic nitrogens is 3. The molecule has 0 aliphatic rings. The predicted octanol–water partition coefficient (Wildman–Crippen LogP) is 6.66. The molecule has 9 nitrogen and oxygen atoms in total. The van der Waals surface area contributed by atoms with Gasteiger partial charge in [0.2, 0.25) is 11.8 Å². The van der Waals surface area contributed by atoms with E-state index in [0.29, 0.717) is 40.1 Å². The molecule has 4 rings (SSSR count). The molecule has 12 heteroatoms. The van der Waals surface area contributed by atoms with Crippen LogP contribution in [0.15, 0.2) is 60.9 Å². The number of carbonyl (C=O) groups is 1. The minimum atomic E-state index is -4.57. The van der Waals surface area contributed by atoms with Crippen LogP contribution in [0.25, 0.3) is 11.3 Å². The van der Waals surface area contributed by atoms with Gasteiger partial charge in [-0.25, -0.2) is 19.7 Å². The van der Waals surface area contributed by atoms with Gasteiger partial charge in [-0.05, 0) is 73.5 Å². The summed E-state index contributed by atoms with van der Waals surface area (Å²) in [4.78, 5) is 25.6. The maximum absolute atomic E-state index is 13.1. The Morgan fingerprint density at radius 1 is 0.897 bits per heavy atom. The maximum atomic E-state index is 13.1. The van der Waals surface area contributed by atoms with Crippen molar-refractivity contribution in [2.75, 3.05) is 30.1 Å². The highest BCUT2D eigenvalue weighted by Gasteiger charge is 2.31. The summed E-state index contributed by atoms with van der Waals surface area (Å²) in [6.45, 7) is 3.60. The van der Waals surface area contributed by atoms with Crippen LogP contribution in [-0.2, 0) is 6.18 Å². The van der Waals surface area contributed by atoms with Crippen LogP contribution in [0.2, 0.25) is 0 Å². The molecule has 0 saturated heterocycles. The van der Waals surface area contributed by atoms with Crippen molar-refractivity contribution in [3.8, 4) is 28.6 Å². The Hall–Kier alpha value is -4.87. The van der Waals surface area contributed by atoms with Crippen LogP contribution in [0.4, 0.5) is 35.3 Å². The first-order chi connectivity index (χ1) is 18.6. The van der Waals surface area contributed by atoms with E-state index in [9.17, 15) is 18.0 Å². The molecule has 0 unspecified atom stereocenters. The number of urea groups is 1. The smallest absolute Gasteiger partial charge is 0.416 e. The minimum Gasteiger partial charge on any atom is -0.495 e. The largest absolute Gasteiger partial charge is 0.495 e. The lowest BCUT2D eigenvalue weighted by Gasteiger charge is -2.17. The van der Waals surface area contributed by atoms with Crippen molar-refractivity contribution >= 4 is 23.4 Å². The van der Waals surface area contributed by atoms with Crippen molar-refractivity contribution < 1.29 is 27.4 Å². The Morgan fingerprint density at radius 2 is 1.64 bits per heavy atom. The Kier molecular flexibility index (Phi) is 7.84. The van der Waals surface area contributed by atoms with E-state index in [0.717, 1.165) is 23.8 Å². The van der Waals surface area contributed by atoms with E-state index in [2.05, 4.69) is 30.9 Å². The Morgan fingerprint density at radius 3 is 2.36 bits per heavy atom. The summed E-state index contributed by atoms with van der Waals surface area (Å²) in [6.07, 6.45) is -1.34. The molecule has 0 radical (unpaired) electrons. The number of amides is 2. The summed E-state index contributed by atoms with van der Waals surface area (Å²) in [6, 6.07) is 10.7. The van der Waals surface area contributed by atoms with Crippen LogP contribution in [0, 0.1) is 13.8 Å². The molecule has 0 aliphatic carbocycles. The molecule has 3 N–H and O–H groups in total. The van der Waals surface area contributed by atoms with E-state index >= 15 is 0 Å². The molecule has 0 bridgehead atoms. The number of hydrogen-bond donors (Lipinski definition) is 3. The van der Waals surface area contributed by atoms with Gasteiger partial charge in [-0.3, -0.25) is 0 Å². The number of pyridine rings is 1. The molecule has 0 saturated carbocycles. The molecule has 39 heavy (non-hydrogen) atoms. The summed E-state index contributed by atoms with van der Waals surface area (Å²) in [5, 5.41) is 7.99. The number of methoxy groups -OCH3 is 1. The summed E-state index contributed by atoms with van der Waals surface area (Å²) < 4.78 is 50.6. The lowest BCUT2D eigenvalue weighted by Crippen LogP contribution is -2.21. The van der Waals surface area contributed by atoms with Crippen LogP contribution in [0.3, 0.4) is 0 Å². The Labute approximate surface area is 222 Å². The average Bonchev–Trinajstić information content (AvgIpc) is 2.92. The van der Waals surface area contributed by atoms with Gasteiger partial charge in [-0.2, -0.15) is 13.2 Å². The molecule has 0 atom stereocenters. The number of carbonyl (C=O) groups excluding carboxylic acids is 1. The van der Waals surface area contributed by atoms with E-state index in [1.807, 2.05) is 13.0 Å². The van der Waals surface area contributed by atoms with Crippen molar-refractivity contribution in [3.05, 3.63) is 77.6 Å². The third-order valence-corrected chi connectivity index (χ3v) is 5.89. The molecular formula is C27H25F3N6O3. The second-order valence-electron chi connectivity index (χ2n) is 8.33. The molecule has 202 valence electrons. The molecule has 4 aromatic rings. The SMILES string of the molecule is CNc1nccc(-c2cccnc2Oc2ccc(NC(=O)Nc3cc(C(F)(F)F)ccc3OC)c(C)c2C)n1. The standard InChI is InChI=1S/C27H25F3N6O3/c1-15-16(2)22(39-24-18(6-5-12-32-24)20-11-13-33-25(31-3)34-20)10-8-19(15)35-26(37)36-21-14-17(27(28,29)30)7-9-23(21)38-4/h5-14H,1-4H3,(H,31,33,34)(H2,35,36,37). The average molecular weight is 539 g/mol. The zero-order valence-corrected chi connectivity index (χ0v) is 21.5. The Balaban J connectivity index is 1.55. The molecule has 2 aromatic heterocycles. The molecule has 2 heterocycles. The first-order valence-electron chi connectivity index (χ1n) is 11.7. The number of hydrogen-bond acceptors (Lipinski definition) is 7. The molecule has 2 amide bonds. The highest BCUT2D eigenvalue weighted by atomic mass is 19.4.